The Hall–Kier alpha value is -4.24. The Morgan fingerprint density at radius 2 is 1.66 bits per heavy atom. The van der Waals surface area contributed by atoms with Crippen LogP contribution in [0.1, 0.15) is 0 Å². The number of rotatable bonds is 5. The lowest BCUT2D eigenvalue weighted by atomic mass is 10.00. The molecule has 9 heteroatoms. The second-order valence-electron chi connectivity index (χ2n) is 6.98. The zero-order valence-corrected chi connectivity index (χ0v) is 17.5. The Kier molecular flexibility index (Phi) is 4.79. The maximum absolute atomic E-state index is 12.6. The van der Waals surface area contributed by atoms with Crippen LogP contribution in [0.5, 0.6) is 0 Å². The Balaban J connectivity index is 1.58. The lowest BCUT2D eigenvalue weighted by Gasteiger charge is -2.09. The van der Waals surface area contributed by atoms with Crippen molar-refractivity contribution in [3.05, 3.63) is 85.5 Å². The van der Waals surface area contributed by atoms with Gasteiger partial charge in [-0.05, 0) is 42.0 Å². The van der Waals surface area contributed by atoms with E-state index in [-0.39, 0.29) is 10.7 Å². The third-order valence-electron chi connectivity index (χ3n) is 4.92. The highest BCUT2D eigenvalue weighted by molar-refractivity contribution is 7.92. The van der Waals surface area contributed by atoms with Gasteiger partial charge in [-0.15, -0.1) is 0 Å². The lowest BCUT2D eigenvalue weighted by molar-refractivity contribution is 0.601. The van der Waals surface area contributed by atoms with Crippen molar-refractivity contribution in [3.63, 3.8) is 0 Å². The molecule has 0 bridgehead atoms. The molecule has 0 aliphatic rings. The standard InChI is InChI=1S/C23H17N5O3S/c24-22-20-19(21(16-5-4-12-25-13-16)31-23(20)27-14-26-22)15-8-10-17(11-9-15)28-32(29,30)18-6-2-1-3-7-18/h1-14,28H,(H2,24,26,27). The molecule has 3 aromatic heterocycles. The summed E-state index contributed by atoms with van der Waals surface area (Å²) in [5, 5.41) is 0.587. The number of nitrogens with two attached hydrogens (primary N) is 1. The van der Waals surface area contributed by atoms with Gasteiger partial charge in [0.05, 0.1) is 10.3 Å². The molecule has 8 nitrogen and oxygen atoms in total. The first-order chi connectivity index (χ1) is 15.5. The van der Waals surface area contributed by atoms with E-state index in [1.165, 1.54) is 18.5 Å². The van der Waals surface area contributed by atoms with Crippen LogP contribution in [0, 0.1) is 0 Å². The van der Waals surface area contributed by atoms with Gasteiger partial charge in [0.2, 0.25) is 5.71 Å². The number of hydrogen-bond donors (Lipinski definition) is 2. The average Bonchev–Trinajstić information content (AvgIpc) is 3.22. The van der Waals surface area contributed by atoms with Gasteiger partial charge in [0.1, 0.15) is 17.9 Å². The van der Waals surface area contributed by atoms with E-state index >= 15 is 0 Å². The number of aromatic nitrogens is 3. The van der Waals surface area contributed by atoms with Crippen molar-refractivity contribution >= 4 is 32.6 Å². The third-order valence-corrected chi connectivity index (χ3v) is 6.32. The number of benzene rings is 2. The molecule has 0 aliphatic heterocycles. The average molecular weight is 443 g/mol. The molecule has 3 heterocycles. The van der Waals surface area contributed by atoms with Crippen LogP contribution in [0.4, 0.5) is 11.5 Å². The molecular weight excluding hydrogens is 426 g/mol. The molecule has 0 aliphatic carbocycles. The van der Waals surface area contributed by atoms with Crippen LogP contribution >= 0.6 is 0 Å². The van der Waals surface area contributed by atoms with E-state index in [4.69, 9.17) is 10.2 Å². The minimum absolute atomic E-state index is 0.189. The topological polar surface area (TPSA) is 124 Å². The monoisotopic (exact) mass is 443 g/mol. The molecule has 158 valence electrons. The number of furan rings is 1. The minimum Gasteiger partial charge on any atom is -0.437 e. The molecule has 0 radical (unpaired) electrons. The van der Waals surface area contributed by atoms with Gasteiger partial charge in [-0.2, -0.15) is 0 Å². The number of hydrogen-bond acceptors (Lipinski definition) is 7. The van der Waals surface area contributed by atoms with Gasteiger partial charge >= 0.3 is 0 Å². The van der Waals surface area contributed by atoms with Crippen molar-refractivity contribution < 1.29 is 12.8 Å². The molecule has 0 spiro atoms. The zero-order chi connectivity index (χ0) is 22.1. The molecule has 0 unspecified atom stereocenters. The van der Waals surface area contributed by atoms with Crippen LogP contribution in [-0.2, 0) is 10.0 Å². The van der Waals surface area contributed by atoms with E-state index in [2.05, 4.69) is 19.7 Å². The number of anilines is 2. The summed E-state index contributed by atoms with van der Waals surface area (Å²) in [7, 11) is -3.69. The van der Waals surface area contributed by atoms with E-state index in [0.29, 0.717) is 28.1 Å². The number of sulfonamides is 1. The Morgan fingerprint density at radius 1 is 0.875 bits per heavy atom. The summed E-state index contributed by atoms with van der Waals surface area (Å²) in [6.45, 7) is 0. The first-order valence-corrected chi connectivity index (χ1v) is 11.1. The fourth-order valence-electron chi connectivity index (χ4n) is 3.45. The molecule has 0 saturated carbocycles. The highest BCUT2D eigenvalue weighted by atomic mass is 32.2. The molecule has 0 amide bonds. The summed E-state index contributed by atoms with van der Waals surface area (Å²) in [6, 6.07) is 18.8. The highest BCUT2D eigenvalue weighted by Crippen LogP contribution is 2.41. The quantitative estimate of drug-likeness (QED) is 0.414. The molecule has 0 fully saturated rings. The largest absolute Gasteiger partial charge is 0.437 e. The number of nitrogens with zero attached hydrogens (tertiary/aromatic N) is 3. The summed E-state index contributed by atoms with van der Waals surface area (Å²) < 4.78 is 33.8. The number of nitrogens with one attached hydrogen (secondary N) is 1. The van der Waals surface area contributed by atoms with Crippen LogP contribution in [0.3, 0.4) is 0 Å². The summed E-state index contributed by atoms with van der Waals surface area (Å²) in [6.07, 6.45) is 4.71. The molecule has 5 aromatic rings. The number of fused-ring (bicyclic) bond motifs is 1. The maximum atomic E-state index is 12.6. The predicted octanol–water partition coefficient (Wildman–Crippen LogP) is 4.33. The van der Waals surface area contributed by atoms with Crippen molar-refractivity contribution in [2.24, 2.45) is 0 Å². The summed E-state index contributed by atoms with van der Waals surface area (Å²) >= 11 is 0. The van der Waals surface area contributed by atoms with E-state index in [9.17, 15) is 8.42 Å². The first-order valence-electron chi connectivity index (χ1n) is 9.64. The maximum Gasteiger partial charge on any atom is 0.261 e. The molecule has 0 atom stereocenters. The minimum atomic E-state index is -3.69. The molecule has 32 heavy (non-hydrogen) atoms. The van der Waals surface area contributed by atoms with Crippen molar-refractivity contribution in [1.29, 1.82) is 0 Å². The Labute approximate surface area is 183 Å². The van der Waals surface area contributed by atoms with E-state index < -0.39 is 10.0 Å². The van der Waals surface area contributed by atoms with Gasteiger partial charge < -0.3 is 10.2 Å². The summed E-state index contributed by atoms with van der Waals surface area (Å²) in [4.78, 5) is 12.7. The highest BCUT2D eigenvalue weighted by Gasteiger charge is 2.21. The van der Waals surface area contributed by atoms with E-state index in [1.807, 2.05) is 12.1 Å². The van der Waals surface area contributed by atoms with Crippen LogP contribution in [0.2, 0.25) is 0 Å². The third kappa shape index (κ3) is 3.54. The van der Waals surface area contributed by atoms with Gasteiger partial charge in [0.15, 0.2) is 0 Å². The van der Waals surface area contributed by atoms with Crippen molar-refractivity contribution in [2.75, 3.05) is 10.5 Å². The summed E-state index contributed by atoms with van der Waals surface area (Å²) in [5.74, 6) is 0.843. The van der Waals surface area contributed by atoms with Crippen LogP contribution in [-0.4, -0.2) is 23.4 Å². The van der Waals surface area contributed by atoms with Crippen molar-refractivity contribution in [2.45, 2.75) is 4.90 Å². The van der Waals surface area contributed by atoms with Gasteiger partial charge in [0, 0.05) is 29.2 Å². The smallest absolute Gasteiger partial charge is 0.261 e. The second-order valence-corrected chi connectivity index (χ2v) is 8.67. The predicted molar refractivity (Wildman–Crippen MR) is 122 cm³/mol. The molecule has 5 rings (SSSR count). The molecular formula is C23H17N5O3S. The fourth-order valence-corrected chi connectivity index (χ4v) is 4.53. The van der Waals surface area contributed by atoms with Gasteiger partial charge in [-0.1, -0.05) is 30.3 Å². The van der Waals surface area contributed by atoms with Crippen molar-refractivity contribution in [1.82, 2.24) is 15.0 Å². The van der Waals surface area contributed by atoms with Crippen molar-refractivity contribution in [3.8, 4) is 22.5 Å². The molecule has 0 saturated heterocycles. The van der Waals surface area contributed by atoms with Gasteiger partial charge in [-0.25, -0.2) is 18.4 Å². The van der Waals surface area contributed by atoms with Crippen LogP contribution < -0.4 is 10.5 Å². The fraction of sp³-hybridized carbons (Fsp3) is 0. The number of pyridine rings is 1. The molecule has 2 aromatic carbocycles. The first kappa shape index (κ1) is 19.7. The van der Waals surface area contributed by atoms with Crippen LogP contribution in [0.15, 0.2) is 94.8 Å². The van der Waals surface area contributed by atoms with Crippen LogP contribution in [0.25, 0.3) is 33.6 Å². The van der Waals surface area contributed by atoms with E-state index in [0.717, 1.165) is 11.1 Å². The SMILES string of the molecule is Nc1ncnc2oc(-c3cccnc3)c(-c3ccc(NS(=O)(=O)c4ccccc4)cc3)c12. The zero-order valence-electron chi connectivity index (χ0n) is 16.6. The molecule has 3 N–H and O–H groups in total. The van der Waals surface area contributed by atoms with Gasteiger partial charge in [0.25, 0.3) is 10.0 Å². The van der Waals surface area contributed by atoms with Gasteiger partial charge in [-0.3, -0.25) is 9.71 Å². The normalized spacial score (nSPS) is 11.5. The Morgan fingerprint density at radius 3 is 2.38 bits per heavy atom. The second kappa shape index (κ2) is 7.78. The lowest BCUT2D eigenvalue weighted by Crippen LogP contribution is -2.12. The van der Waals surface area contributed by atoms with E-state index in [1.54, 1.807) is 54.9 Å². The summed E-state index contributed by atoms with van der Waals surface area (Å²) in [5.41, 5.74) is 9.17. The Bertz CT molecular complexity index is 1500. The number of nitrogen functional groups attached to an aromatic ring is 1.